The van der Waals surface area contributed by atoms with Crippen molar-refractivity contribution in [1.82, 2.24) is 5.32 Å². The topological polar surface area (TPSA) is 95.6 Å². The van der Waals surface area contributed by atoms with E-state index < -0.39 is 18.2 Å². The number of aliphatic hydroxyl groups is 2. The smallest absolute Gasteiger partial charge is 0.237 e. The second-order valence-corrected chi connectivity index (χ2v) is 3.52. The molecular weight excluding hydrogens is 208 g/mol. The molecule has 0 radical (unpaired) electrons. The molecule has 1 unspecified atom stereocenters. The van der Waals surface area contributed by atoms with Gasteiger partial charge in [0.15, 0.2) is 6.29 Å². The lowest BCUT2D eigenvalue weighted by molar-refractivity contribution is -0.124. The van der Waals surface area contributed by atoms with E-state index in [1.807, 2.05) is 30.3 Å². The highest BCUT2D eigenvalue weighted by atomic mass is 16.5. The Kier molecular flexibility index (Phi) is 4.91. The molecule has 0 aliphatic rings. The Morgan fingerprint density at radius 2 is 1.94 bits per heavy atom. The van der Waals surface area contributed by atoms with Gasteiger partial charge in [-0.25, -0.2) is 0 Å². The zero-order chi connectivity index (χ0) is 12.0. The van der Waals surface area contributed by atoms with E-state index >= 15 is 0 Å². The van der Waals surface area contributed by atoms with Crippen molar-refractivity contribution in [2.24, 2.45) is 5.73 Å². The fraction of sp³-hybridized carbons (Fsp3) is 0.364. The Labute approximate surface area is 93.9 Å². The first kappa shape index (κ1) is 12.6. The predicted octanol–water partition coefficient (Wildman–Crippen LogP) is -1.02. The highest BCUT2D eigenvalue weighted by Gasteiger charge is 2.14. The van der Waals surface area contributed by atoms with Crippen molar-refractivity contribution in [2.75, 3.05) is 6.54 Å². The van der Waals surface area contributed by atoms with Crippen molar-refractivity contribution in [2.45, 2.75) is 18.8 Å². The molecule has 0 aliphatic heterocycles. The van der Waals surface area contributed by atoms with E-state index in [1.54, 1.807) is 0 Å². The zero-order valence-corrected chi connectivity index (χ0v) is 8.84. The molecule has 1 rings (SSSR count). The molecule has 0 aliphatic carbocycles. The molecule has 0 fully saturated rings. The largest absolute Gasteiger partial charge is 0.367 e. The minimum Gasteiger partial charge on any atom is -0.367 e. The lowest BCUT2D eigenvalue weighted by Gasteiger charge is -2.12. The molecule has 1 aromatic carbocycles. The third-order valence-electron chi connectivity index (χ3n) is 2.09. The quantitative estimate of drug-likeness (QED) is 0.482. The summed E-state index contributed by atoms with van der Waals surface area (Å²) >= 11 is 0. The van der Waals surface area contributed by atoms with Crippen LogP contribution in [0.4, 0.5) is 0 Å². The minimum atomic E-state index is -1.55. The van der Waals surface area contributed by atoms with Crippen LogP contribution in [0.3, 0.4) is 0 Å². The van der Waals surface area contributed by atoms with Gasteiger partial charge in [0.2, 0.25) is 5.91 Å². The summed E-state index contributed by atoms with van der Waals surface area (Å²) < 4.78 is 0. The van der Waals surface area contributed by atoms with Gasteiger partial charge in [0.05, 0.1) is 12.6 Å². The predicted molar refractivity (Wildman–Crippen MR) is 59.4 cm³/mol. The molecule has 16 heavy (non-hydrogen) atoms. The Bertz CT molecular complexity index is 327. The second-order valence-electron chi connectivity index (χ2n) is 3.52. The Hall–Kier alpha value is -1.43. The van der Waals surface area contributed by atoms with Gasteiger partial charge in [-0.15, -0.1) is 0 Å². The lowest BCUT2D eigenvalue weighted by atomic mass is 10.1. The fourth-order valence-electron chi connectivity index (χ4n) is 1.28. The first-order valence-corrected chi connectivity index (χ1v) is 5.03. The summed E-state index contributed by atoms with van der Waals surface area (Å²) in [6.07, 6.45) is -1.12. The first-order chi connectivity index (χ1) is 7.59. The highest BCUT2D eigenvalue weighted by molar-refractivity contribution is 5.81. The van der Waals surface area contributed by atoms with Crippen molar-refractivity contribution in [3.05, 3.63) is 35.9 Å². The summed E-state index contributed by atoms with van der Waals surface area (Å²) in [6.45, 7) is -0.207. The Morgan fingerprint density at radius 1 is 1.31 bits per heavy atom. The van der Waals surface area contributed by atoms with Gasteiger partial charge in [-0.1, -0.05) is 30.3 Å². The number of aliphatic hydroxyl groups excluding tert-OH is 1. The normalized spacial score (nSPS) is 12.5. The maximum Gasteiger partial charge on any atom is 0.237 e. The summed E-state index contributed by atoms with van der Waals surface area (Å²) in [5.74, 6) is -0.392. The van der Waals surface area contributed by atoms with Crippen molar-refractivity contribution >= 4 is 5.91 Å². The maximum atomic E-state index is 11.4. The van der Waals surface area contributed by atoms with Crippen LogP contribution in [0.1, 0.15) is 5.56 Å². The van der Waals surface area contributed by atoms with Gasteiger partial charge in [-0.05, 0) is 12.0 Å². The minimum absolute atomic E-state index is 0.207. The average molecular weight is 224 g/mol. The van der Waals surface area contributed by atoms with Crippen LogP contribution in [-0.2, 0) is 11.2 Å². The van der Waals surface area contributed by atoms with E-state index in [9.17, 15) is 4.79 Å². The average Bonchev–Trinajstić information content (AvgIpc) is 2.27. The van der Waals surface area contributed by atoms with Crippen molar-refractivity contribution in [3.8, 4) is 0 Å². The van der Waals surface area contributed by atoms with E-state index in [4.69, 9.17) is 15.9 Å². The Morgan fingerprint density at radius 3 is 2.50 bits per heavy atom. The monoisotopic (exact) mass is 224 g/mol. The summed E-state index contributed by atoms with van der Waals surface area (Å²) in [6, 6.07) is 8.72. The van der Waals surface area contributed by atoms with Gasteiger partial charge >= 0.3 is 0 Å². The second kappa shape index (κ2) is 6.22. The number of hydrogen-bond acceptors (Lipinski definition) is 4. The van der Waals surface area contributed by atoms with Crippen LogP contribution in [0, 0.1) is 0 Å². The summed E-state index contributed by atoms with van der Waals surface area (Å²) in [5.41, 5.74) is 6.63. The van der Waals surface area contributed by atoms with Gasteiger partial charge in [0.1, 0.15) is 0 Å². The molecule has 0 heterocycles. The van der Waals surface area contributed by atoms with E-state index in [2.05, 4.69) is 5.32 Å². The molecule has 5 N–H and O–H groups in total. The summed E-state index contributed by atoms with van der Waals surface area (Å²) in [4.78, 5) is 11.4. The van der Waals surface area contributed by atoms with Crippen LogP contribution < -0.4 is 11.1 Å². The standard InChI is InChI=1S/C11H16N2O3/c12-9(11(16)13-7-10(14)15)6-8-4-2-1-3-5-8/h1-5,9-10,14-15H,6-7,12H2,(H,13,16). The van der Waals surface area contributed by atoms with Crippen molar-refractivity contribution in [3.63, 3.8) is 0 Å². The van der Waals surface area contributed by atoms with E-state index in [0.29, 0.717) is 6.42 Å². The molecule has 0 saturated heterocycles. The molecule has 5 nitrogen and oxygen atoms in total. The van der Waals surface area contributed by atoms with E-state index in [1.165, 1.54) is 0 Å². The molecule has 0 bridgehead atoms. The molecule has 88 valence electrons. The lowest BCUT2D eigenvalue weighted by Crippen LogP contribution is -2.44. The fourth-order valence-corrected chi connectivity index (χ4v) is 1.28. The SMILES string of the molecule is NC(Cc1ccccc1)C(=O)NCC(O)O. The van der Waals surface area contributed by atoms with Crippen LogP contribution in [0.15, 0.2) is 30.3 Å². The van der Waals surface area contributed by atoms with E-state index in [0.717, 1.165) is 5.56 Å². The number of benzene rings is 1. The van der Waals surface area contributed by atoms with Crippen molar-refractivity contribution in [1.29, 1.82) is 0 Å². The number of rotatable bonds is 5. The van der Waals surface area contributed by atoms with Crippen LogP contribution in [0.2, 0.25) is 0 Å². The highest BCUT2D eigenvalue weighted by Crippen LogP contribution is 2.01. The third kappa shape index (κ3) is 4.39. The molecular formula is C11H16N2O3. The number of amides is 1. The summed E-state index contributed by atoms with van der Waals surface area (Å²) in [7, 11) is 0. The molecule has 1 amide bonds. The van der Waals surface area contributed by atoms with Crippen molar-refractivity contribution < 1.29 is 15.0 Å². The maximum absolute atomic E-state index is 11.4. The van der Waals surface area contributed by atoms with Gasteiger partial charge < -0.3 is 21.3 Å². The van der Waals surface area contributed by atoms with Crippen LogP contribution in [0.25, 0.3) is 0 Å². The molecule has 0 spiro atoms. The van der Waals surface area contributed by atoms with Crippen LogP contribution in [-0.4, -0.2) is 35.0 Å². The molecule has 1 aromatic rings. The summed E-state index contributed by atoms with van der Waals surface area (Å²) in [5, 5.41) is 19.5. The number of nitrogens with one attached hydrogen (secondary N) is 1. The van der Waals surface area contributed by atoms with Gasteiger partial charge in [0.25, 0.3) is 0 Å². The third-order valence-corrected chi connectivity index (χ3v) is 2.09. The van der Waals surface area contributed by atoms with Gasteiger partial charge in [0, 0.05) is 0 Å². The molecule has 0 aromatic heterocycles. The van der Waals surface area contributed by atoms with Gasteiger partial charge in [-0.2, -0.15) is 0 Å². The number of hydrogen-bond donors (Lipinski definition) is 4. The number of carbonyl (C=O) groups is 1. The zero-order valence-electron chi connectivity index (χ0n) is 8.84. The van der Waals surface area contributed by atoms with Gasteiger partial charge in [-0.3, -0.25) is 4.79 Å². The van der Waals surface area contributed by atoms with Crippen LogP contribution in [0.5, 0.6) is 0 Å². The Balaban J connectivity index is 2.40. The molecule has 5 heteroatoms. The van der Waals surface area contributed by atoms with E-state index in [-0.39, 0.29) is 6.54 Å². The first-order valence-electron chi connectivity index (χ1n) is 5.03. The number of carbonyl (C=O) groups excluding carboxylic acids is 1. The molecule has 0 saturated carbocycles. The molecule has 1 atom stereocenters. The number of nitrogens with two attached hydrogens (primary N) is 1. The van der Waals surface area contributed by atoms with Crippen LogP contribution >= 0.6 is 0 Å².